The number of nitrogens with zero attached hydrogens (tertiary/aromatic N) is 4. The van der Waals surface area contributed by atoms with Crippen molar-refractivity contribution in [2.24, 2.45) is 0 Å². The number of imide groups is 1. The predicted octanol–water partition coefficient (Wildman–Crippen LogP) is 14.1. The lowest BCUT2D eigenvalue weighted by molar-refractivity contribution is 0.0881. The summed E-state index contributed by atoms with van der Waals surface area (Å²) in [4.78, 5) is 109. The van der Waals surface area contributed by atoms with Gasteiger partial charge in [0, 0.05) is 40.6 Å². The normalized spacial score (nSPS) is 13.6. The maximum Gasteiger partial charge on any atom is 0.267 e. The van der Waals surface area contributed by atoms with Crippen molar-refractivity contribution < 1.29 is 33.6 Å². The molecule has 2 heterocycles. The summed E-state index contributed by atoms with van der Waals surface area (Å²) >= 11 is 51.1. The van der Waals surface area contributed by atoms with Crippen molar-refractivity contribution in [1.82, 2.24) is 14.8 Å². The summed E-state index contributed by atoms with van der Waals surface area (Å²) in [7, 11) is 0. The highest BCUT2D eigenvalue weighted by Gasteiger charge is 2.47. The monoisotopic (exact) mass is 1120 g/mol. The van der Waals surface area contributed by atoms with Gasteiger partial charge in [0.2, 0.25) is 0 Å². The van der Waals surface area contributed by atoms with Crippen LogP contribution in [-0.4, -0.2) is 94.9 Å². The molecule has 1 aromatic heterocycles. The van der Waals surface area contributed by atoms with Crippen molar-refractivity contribution in [3.8, 4) is 0 Å². The van der Waals surface area contributed by atoms with Gasteiger partial charge >= 0.3 is 0 Å². The summed E-state index contributed by atoms with van der Waals surface area (Å²) in [6, 6.07) is 9.98. The third kappa shape index (κ3) is 10.6. The van der Waals surface area contributed by atoms with Gasteiger partial charge in [0.25, 0.3) is 17.7 Å². The molecule has 1 aliphatic heterocycles. The average molecular weight is 1120 g/mol. The number of carbonyl (C=O) groups excluding carboxylic acids is 7. The fraction of sp³-hybridized carbons (Fsp3) is 0.333. The average Bonchev–Trinajstić information content (AvgIpc) is 3.79. The van der Waals surface area contributed by atoms with Gasteiger partial charge in [-0.2, -0.15) is 0 Å². The number of benzene rings is 4. The van der Waals surface area contributed by atoms with Gasteiger partial charge in [0.1, 0.15) is 5.92 Å². The number of rotatable bonds is 20. The molecule has 0 fully saturated rings. The van der Waals surface area contributed by atoms with Crippen LogP contribution in [0.15, 0.2) is 42.5 Å². The lowest BCUT2D eigenvalue weighted by Crippen LogP contribution is -2.30. The van der Waals surface area contributed by atoms with E-state index < -0.39 is 35.2 Å². The van der Waals surface area contributed by atoms with E-state index in [9.17, 15) is 33.6 Å². The van der Waals surface area contributed by atoms with E-state index in [0.717, 1.165) is 52.1 Å². The molecule has 71 heavy (non-hydrogen) atoms. The van der Waals surface area contributed by atoms with Gasteiger partial charge in [0.15, 0.2) is 23.1 Å². The first-order valence-corrected chi connectivity index (χ1v) is 25.9. The van der Waals surface area contributed by atoms with Gasteiger partial charge in [0.05, 0.1) is 79.3 Å². The van der Waals surface area contributed by atoms with E-state index in [0.29, 0.717) is 17.7 Å². The summed E-state index contributed by atoms with van der Waals surface area (Å²) in [5.74, 6) is -6.38. The third-order valence-electron chi connectivity index (χ3n) is 12.9. The van der Waals surface area contributed by atoms with Crippen LogP contribution >= 0.6 is 92.8 Å². The van der Waals surface area contributed by atoms with Crippen LogP contribution in [0, 0.1) is 0 Å². The number of hydrogen-bond donors (Lipinski definition) is 1. The fourth-order valence-electron chi connectivity index (χ4n) is 8.87. The van der Waals surface area contributed by atoms with Crippen LogP contribution in [-0.2, 0) is 0 Å². The number of pyridine rings is 1. The number of aromatic nitrogens is 1. The molecular formula is C51H45Cl8N5O7. The zero-order valence-corrected chi connectivity index (χ0v) is 44.8. The Labute approximate surface area is 450 Å². The number of carbonyl (C=O) groups is 7. The number of Topliss-reactive ketones (excluding diaryl/α,β-unsaturated/α-hetero) is 4. The standard InChI is InChI=1S/C51H45Cl8N5O7/c1-5-62(6-2)17-11-9-13-31(65)25-20-26(32(66)14-10-12-18-63(7-3)8-4)22-28(21-25)60-49(69)27-19-24-15-16-29(33-47(67)34-35(48(33)68)39(53)43(57)42(56)38(34)52)61-46(24)30(23-27)64-50(70)36-37(51(64)71)41(55)45(59)44(58)40(36)54/h15-16,19-23,33H,5-14,17-18H2,1-4H3,(H,60,69). The van der Waals surface area contributed by atoms with E-state index in [2.05, 4.69) is 47.8 Å². The van der Waals surface area contributed by atoms with E-state index in [4.69, 9.17) is 92.8 Å². The van der Waals surface area contributed by atoms with Gasteiger partial charge in [-0.1, -0.05) is 127 Å². The molecule has 0 bridgehead atoms. The molecule has 1 N–H and O–H groups in total. The number of nitrogens with one attached hydrogen (secondary N) is 1. The fourth-order valence-corrected chi connectivity index (χ4v) is 10.9. The minimum absolute atomic E-state index is 0.118. The van der Waals surface area contributed by atoms with Gasteiger partial charge in [-0.25, -0.2) is 9.88 Å². The summed E-state index contributed by atoms with van der Waals surface area (Å²) in [6.07, 6.45) is 3.25. The Hall–Kier alpha value is -4.18. The van der Waals surface area contributed by atoms with E-state index in [1.807, 2.05) is 0 Å². The Morgan fingerprint density at radius 2 is 0.986 bits per heavy atom. The Morgan fingerprint density at radius 1 is 0.549 bits per heavy atom. The molecule has 0 saturated heterocycles. The lowest BCUT2D eigenvalue weighted by Gasteiger charge is -2.19. The largest absolute Gasteiger partial charge is 0.322 e. The molecule has 20 heteroatoms. The summed E-state index contributed by atoms with van der Waals surface area (Å²) < 4.78 is 0. The molecule has 0 atom stereocenters. The quantitative estimate of drug-likeness (QED) is 0.0199. The maximum absolute atomic E-state index is 14.5. The molecule has 4 aromatic carbocycles. The highest BCUT2D eigenvalue weighted by atomic mass is 35.5. The van der Waals surface area contributed by atoms with Crippen LogP contribution in [0.2, 0.25) is 40.2 Å². The Morgan fingerprint density at radius 3 is 1.42 bits per heavy atom. The second-order valence-corrected chi connectivity index (χ2v) is 20.0. The van der Waals surface area contributed by atoms with Gasteiger partial charge < -0.3 is 15.1 Å². The van der Waals surface area contributed by atoms with Crippen LogP contribution in [0.1, 0.15) is 150 Å². The molecule has 3 amide bonds. The lowest BCUT2D eigenvalue weighted by atomic mass is 9.97. The Kier molecular flexibility index (Phi) is 17.6. The zero-order chi connectivity index (χ0) is 51.7. The zero-order valence-electron chi connectivity index (χ0n) is 38.8. The predicted molar refractivity (Wildman–Crippen MR) is 284 cm³/mol. The molecule has 1 aliphatic carbocycles. The van der Waals surface area contributed by atoms with Crippen LogP contribution in [0.4, 0.5) is 11.4 Å². The number of halogens is 8. The molecule has 5 aromatic rings. The first kappa shape index (κ1) is 54.6. The topological polar surface area (TPSA) is 154 Å². The minimum Gasteiger partial charge on any atom is -0.322 e. The third-order valence-corrected chi connectivity index (χ3v) is 16.5. The van der Waals surface area contributed by atoms with Crippen molar-refractivity contribution in [2.75, 3.05) is 49.5 Å². The molecule has 0 saturated carbocycles. The smallest absolute Gasteiger partial charge is 0.267 e. The van der Waals surface area contributed by atoms with Crippen molar-refractivity contribution in [2.45, 2.75) is 72.1 Å². The molecule has 0 radical (unpaired) electrons. The summed E-state index contributed by atoms with van der Waals surface area (Å²) in [5, 5.41) is 0.661. The molecular weight excluding hydrogens is 1080 g/mol. The first-order valence-electron chi connectivity index (χ1n) is 22.9. The molecule has 7 rings (SSSR count). The van der Waals surface area contributed by atoms with Crippen molar-refractivity contribution in [1.29, 1.82) is 0 Å². The van der Waals surface area contributed by atoms with Crippen LogP contribution in [0.5, 0.6) is 0 Å². The van der Waals surface area contributed by atoms with Crippen molar-refractivity contribution in [3.63, 3.8) is 0 Å². The van der Waals surface area contributed by atoms with E-state index in [1.165, 1.54) is 36.4 Å². The van der Waals surface area contributed by atoms with Crippen molar-refractivity contribution >= 4 is 156 Å². The molecule has 0 unspecified atom stereocenters. The minimum atomic E-state index is -1.62. The van der Waals surface area contributed by atoms with Gasteiger partial charge in [-0.05, 0) is 101 Å². The number of anilines is 2. The summed E-state index contributed by atoms with van der Waals surface area (Å²) in [6.45, 7) is 13.6. The van der Waals surface area contributed by atoms with Crippen LogP contribution < -0.4 is 10.2 Å². The highest BCUT2D eigenvalue weighted by molar-refractivity contribution is 6.57. The second kappa shape index (κ2) is 22.9. The SMILES string of the molecule is CCN(CC)CCCCC(=O)c1cc(NC(=O)c2cc(N3C(=O)c4c(Cl)c(Cl)c(Cl)c(Cl)c4C3=O)c3nc(C4C(=O)c5c(Cl)c(Cl)c(Cl)c(Cl)c5C4=O)ccc3c2)cc(C(=O)CCCCN(CC)CC)c1. The molecule has 12 nitrogen and oxygen atoms in total. The molecule has 372 valence electrons. The maximum atomic E-state index is 14.5. The van der Waals surface area contributed by atoms with Crippen LogP contribution in [0.3, 0.4) is 0 Å². The Balaban J connectivity index is 1.29. The van der Waals surface area contributed by atoms with E-state index >= 15 is 0 Å². The van der Waals surface area contributed by atoms with Gasteiger partial charge in [-0.3, -0.25) is 33.6 Å². The Bertz CT molecular complexity index is 2940. The number of amides is 3. The highest BCUT2D eigenvalue weighted by Crippen LogP contribution is 2.49. The summed E-state index contributed by atoms with van der Waals surface area (Å²) in [5.41, 5.74) is -1.28. The van der Waals surface area contributed by atoms with E-state index in [-0.39, 0.29) is 132 Å². The number of hydrogen-bond acceptors (Lipinski definition) is 10. The van der Waals surface area contributed by atoms with E-state index in [1.54, 1.807) is 6.07 Å². The second-order valence-electron chi connectivity index (χ2n) is 17.0. The molecule has 2 aliphatic rings. The first-order chi connectivity index (χ1) is 33.8. The number of ketones is 4. The van der Waals surface area contributed by atoms with Crippen LogP contribution in [0.25, 0.3) is 10.9 Å². The van der Waals surface area contributed by atoms with Crippen molar-refractivity contribution in [3.05, 3.63) is 127 Å². The molecule has 0 spiro atoms. The number of unbranched alkanes of at least 4 members (excludes halogenated alkanes) is 2. The van der Waals surface area contributed by atoms with Gasteiger partial charge in [-0.15, -0.1) is 0 Å². The number of fused-ring (bicyclic) bond motifs is 3.